The van der Waals surface area contributed by atoms with Crippen molar-refractivity contribution in [2.75, 3.05) is 14.1 Å². The lowest BCUT2D eigenvalue weighted by Gasteiger charge is -2.19. The van der Waals surface area contributed by atoms with Gasteiger partial charge in [0.05, 0.1) is 0 Å². The van der Waals surface area contributed by atoms with E-state index in [9.17, 15) is 0 Å². The Hall–Kier alpha value is -0.570. The monoisotopic (exact) mass is 212 g/mol. The lowest BCUT2D eigenvalue weighted by Crippen LogP contribution is -2.39. The van der Waals surface area contributed by atoms with E-state index in [1.165, 1.54) is 5.56 Å². The van der Waals surface area contributed by atoms with Gasteiger partial charge in [-0.2, -0.15) is 0 Å². The quantitative estimate of drug-likeness (QED) is 0.771. The summed E-state index contributed by atoms with van der Waals surface area (Å²) in [6.45, 7) is 2.16. The molecule has 0 bridgehead atoms. The van der Waals surface area contributed by atoms with Crippen molar-refractivity contribution in [3.05, 3.63) is 34.9 Å². The molecule has 0 aliphatic heterocycles. The van der Waals surface area contributed by atoms with E-state index in [1.807, 2.05) is 31.2 Å². The van der Waals surface area contributed by atoms with E-state index in [4.69, 9.17) is 11.6 Å². The number of nitrogens with zero attached hydrogens (tertiary/aromatic N) is 1. The van der Waals surface area contributed by atoms with Gasteiger partial charge >= 0.3 is 0 Å². The minimum Gasteiger partial charge on any atom is -0.253 e. The number of rotatable bonds is 4. The molecule has 0 aromatic heterocycles. The third-order valence-electron chi connectivity index (χ3n) is 1.93. The second kappa shape index (κ2) is 5.35. The number of hydrogen-bond acceptors (Lipinski definition) is 2. The van der Waals surface area contributed by atoms with E-state index in [0.717, 1.165) is 11.4 Å². The van der Waals surface area contributed by atoms with Crippen LogP contribution in [0, 0.1) is 0 Å². The zero-order valence-electron chi connectivity index (χ0n) is 8.92. The summed E-state index contributed by atoms with van der Waals surface area (Å²) < 4.78 is 0. The van der Waals surface area contributed by atoms with Crippen molar-refractivity contribution in [1.82, 2.24) is 10.4 Å². The molecule has 0 fully saturated rings. The topological polar surface area (TPSA) is 15.3 Å². The Kier molecular flexibility index (Phi) is 4.39. The summed E-state index contributed by atoms with van der Waals surface area (Å²) in [6.07, 6.45) is 1.01. The normalized spacial score (nSPS) is 13.2. The Morgan fingerprint density at radius 1 is 1.29 bits per heavy atom. The van der Waals surface area contributed by atoms with Crippen LogP contribution in [0.4, 0.5) is 0 Å². The van der Waals surface area contributed by atoms with Crippen LogP contribution in [0.5, 0.6) is 0 Å². The Balaban J connectivity index is 2.47. The Morgan fingerprint density at radius 3 is 2.36 bits per heavy atom. The maximum Gasteiger partial charge on any atom is 0.0406 e. The van der Waals surface area contributed by atoms with Crippen LogP contribution in [0.3, 0.4) is 0 Å². The highest BCUT2D eigenvalue weighted by atomic mass is 35.5. The molecule has 0 aliphatic carbocycles. The number of nitrogens with one attached hydrogen (secondary N) is 1. The van der Waals surface area contributed by atoms with Gasteiger partial charge in [-0.1, -0.05) is 23.7 Å². The minimum absolute atomic E-state index is 0.436. The Labute approximate surface area is 90.8 Å². The molecule has 0 aliphatic rings. The molecule has 1 atom stereocenters. The predicted octanol–water partition coefficient (Wildman–Crippen LogP) is 2.34. The first kappa shape index (κ1) is 11.5. The molecule has 1 unspecified atom stereocenters. The van der Waals surface area contributed by atoms with Crippen molar-refractivity contribution in [3.8, 4) is 0 Å². The van der Waals surface area contributed by atoms with Crippen LogP contribution in [0.15, 0.2) is 24.3 Å². The van der Waals surface area contributed by atoms with Gasteiger partial charge in [0.2, 0.25) is 0 Å². The number of halogens is 1. The van der Waals surface area contributed by atoms with E-state index in [0.29, 0.717) is 6.04 Å². The van der Waals surface area contributed by atoms with Gasteiger partial charge in [-0.25, -0.2) is 0 Å². The summed E-state index contributed by atoms with van der Waals surface area (Å²) in [5, 5.41) is 2.77. The highest BCUT2D eigenvalue weighted by molar-refractivity contribution is 6.30. The van der Waals surface area contributed by atoms with E-state index >= 15 is 0 Å². The summed E-state index contributed by atoms with van der Waals surface area (Å²) in [5.41, 5.74) is 4.61. The summed E-state index contributed by atoms with van der Waals surface area (Å²) in [5.74, 6) is 0. The largest absolute Gasteiger partial charge is 0.253 e. The van der Waals surface area contributed by atoms with E-state index < -0.39 is 0 Å². The maximum atomic E-state index is 5.81. The van der Waals surface area contributed by atoms with Gasteiger partial charge in [0.25, 0.3) is 0 Å². The molecular weight excluding hydrogens is 196 g/mol. The third kappa shape index (κ3) is 4.09. The fourth-order valence-corrected chi connectivity index (χ4v) is 1.59. The van der Waals surface area contributed by atoms with Crippen molar-refractivity contribution in [2.24, 2.45) is 0 Å². The van der Waals surface area contributed by atoms with Crippen molar-refractivity contribution in [2.45, 2.75) is 19.4 Å². The molecular formula is C11H17ClN2. The van der Waals surface area contributed by atoms with E-state index in [2.05, 4.69) is 24.5 Å². The first-order valence-electron chi connectivity index (χ1n) is 4.76. The molecule has 0 radical (unpaired) electrons. The molecule has 0 amide bonds. The lowest BCUT2D eigenvalue weighted by molar-refractivity contribution is 0.249. The standard InChI is InChI=1S/C11H17ClN2/c1-9(13-14(2)3)8-10-4-6-11(12)7-5-10/h4-7,9,13H,8H2,1-3H3. The van der Waals surface area contributed by atoms with Crippen LogP contribution in [0.2, 0.25) is 5.02 Å². The average molecular weight is 213 g/mol. The average Bonchev–Trinajstić information content (AvgIpc) is 2.07. The van der Waals surface area contributed by atoms with Crippen LogP contribution in [0.25, 0.3) is 0 Å². The van der Waals surface area contributed by atoms with E-state index in [-0.39, 0.29) is 0 Å². The predicted molar refractivity (Wildman–Crippen MR) is 61.4 cm³/mol. The molecule has 78 valence electrons. The molecule has 0 saturated carbocycles. The second-order valence-electron chi connectivity index (χ2n) is 3.76. The van der Waals surface area contributed by atoms with Crippen LogP contribution in [0.1, 0.15) is 12.5 Å². The van der Waals surface area contributed by atoms with Crippen molar-refractivity contribution in [3.63, 3.8) is 0 Å². The Morgan fingerprint density at radius 2 is 1.86 bits per heavy atom. The van der Waals surface area contributed by atoms with Gasteiger partial charge < -0.3 is 0 Å². The maximum absolute atomic E-state index is 5.81. The molecule has 1 aromatic rings. The molecule has 0 heterocycles. The van der Waals surface area contributed by atoms with Crippen LogP contribution < -0.4 is 5.43 Å². The first-order valence-corrected chi connectivity index (χ1v) is 5.13. The fourth-order valence-electron chi connectivity index (χ4n) is 1.46. The van der Waals surface area contributed by atoms with Gasteiger partial charge in [-0.3, -0.25) is 10.4 Å². The molecule has 3 heteroatoms. The summed E-state index contributed by atoms with van der Waals surface area (Å²) >= 11 is 5.81. The SMILES string of the molecule is CC(Cc1ccc(Cl)cc1)NN(C)C. The smallest absolute Gasteiger partial charge is 0.0406 e. The zero-order chi connectivity index (χ0) is 10.6. The summed E-state index contributed by atoms with van der Waals surface area (Å²) in [4.78, 5) is 0. The highest BCUT2D eigenvalue weighted by Gasteiger charge is 2.03. The molecule has 14 heavy (non-hydrogen) atoms. The molecule has 1 N–H and O–H groups in total. The minimum atomic E-state index is 0.436. The molecule has 1 rings (SSSR count). The van der Waals surface area contributed by atoms with Crippen molar-refractivity contribution >= 4 is 11.6 Å². The van der Waals surface area contributed by atoms with Crippen molar-refractivity contribution in [1.29, 1.82) is 0 Å². The van der Waals surface area contributed by atoms with Crippen LogP contribution in [-0.2, 0) is 6.42 Å². The molecule has 0 saturated heterocycles. The summed E-state index contributed by atoms with van der Waals surface area (Å²) in [7, 11) is 4.00. The van der Waals surface area contributed by atoms with Gasteiger partial charge in [0.15, 0.2) is 0 Å². The van der Waals surface area contributed by atoms with Gasteiger partial charge in [0, 0.05) is 25.2 Å². The first-order chi connectivity index (χ1) is 6.58. The fraction of sp³-hybridized carbons (Fsp3) is 0.455. The molecule has 1 aromatic carbocycles. The summed E-state index contributed by atoms with van der Waals surface area (Å²) in [6, 6.07) is 8.43. The highest BCUT2D eigenvalue weighted by Crippen LogP contribution is 2.10. The number of benzene rings is 1. The van der Waals surface area contributed by atoms with Gasteiger partial charge in [0.1, 0.15) is 0 Å². The molecule has 2 nitrogen and oxygen atoms in total. The Bertz CT molecular complexity index is 269. The van der Waals surface area contributed by atoms with Crippen molar-refractivity contribution < 1.29 is 0 Å². The number of hydrogen-bond donors (Lipinski definition) is 1. The van der Waals surface area contributed by atoms with Crippen LogP contribution in [-0.4, -0.2) is 25.1 Å². The van der Waals surface area contributed by atoms with E-state index in [1.54, 1.807) is 0 Å². The van der Waals surface area contributed by atoms with Crippen LogP contribution >= 0.6 is 11.6 Å². The second-order valence-corrected chi connectivity index (χ2v) is 4.19. The number of hydrazine groups is 1. The van der Waals surface area contributed by atoms with Gasteiger partial charge in [-0.05, 0) is 31.0 Å². The third-order valence-corrected chi connectivity index (χ3v) is 2.19. The van der Waals surface area contributed by atoms with Gasteiger partial charge in [-0.15, -0.1) is 0 Å². The molecule has 0 spiro atoms. The lowest BCUT2D eigenvalue weighted by atomic mass is 10.1. The zero-order valence-corrected chi connectivity index (χ0v) is 9.67.